The predicted molar refractivity (Wildman–Crippen MR) is 69.2 cm³/mol. The van der Waals surface area contributed by atoms with Gasteiger partial charge in [-0.15, -0.1) is 0 Å². The fourth-order valence-corrected chi connectivity index (χ4v) is 1.69. The molecule has 0 aliphatic carbocycles. The molecule has 0 aliphatic rings. The highest BCUT2D eigenvalue weighted by Crippen LogP contribution is 2.13. The third-order valence-corrected chi connectivity index (χ3v) is 2.57. The molecule has 0 radical (unpaired) electrons. The van der Waals surface area contributed by atoms with E-state index in [-0.39, 0.29) is 5.69 Å². The number of rotatable bonds is 4. The van der Waals surface area contributed by atoms with Crippen LogP contribution in [0.4, 0.5) is 20.2 Å². The molecule has 0 spiro atoms. The SMILES string of the molecule is Nc1ccc(NC(=O)c2cccn2CC(F)F)cc1. The molecule has 6 heteroatoms. The van der Waals surface area contributed by atoms with Gasteiger partial charge in [-0.25, -0.2) is 8.78 Å². The van der Waals surface area contributed by atoms with Crippen molar-refractivity contribution in [1.82, 2.24) is 4.57 Å². The lowest BCUT2D eigenvalue weighted by Gasteiger charge is -2.09. The fourth-order valence-electron chi connectivity index (χ4n) is 1.69. The van der Waals surface area contributed by atoms with Crippen molar-refractivity contribution in [3.63, 3.8) is 0 Å². The van der Waals surface area contributed by atoms with Gasteiger partial charge >= 0.3 is 0 Å². The molecule has 0 aliphatic heterocycles. The number of carbonyl (C=O) groups excluding carboxylic acids is 1. The number of nitrogens with one attached hydrogen (secondary N) is 1. The van der Waals surface area contributed by atoms with Crippen molar-refractivity contribution >= 4 is 17.3 Å². The van der Waals surface area contributed by atoms with Gasteiger partial charge in [0.15, 0.2) is 0 Å². The van der Waals surface area contributed by atoms with Crippen LogP contribution in [0.2, 0.25) is 0 Å². The van der Waals surface area contributed by atoms with Crippen molar-refractivity contribution in [1.29, 1.82) is 0 Å². The molecule has 0 saturated heterocycles. The number of carbonyl (C=O) groups is 1. The Morgan fingerprint density at radius 1 is 1.26 bits per heavy atom. The van der Waals surface area contributed by atoms with E-state index in [1.54, 1.807) is 30.3 Å². The molecule has 100 valence electrons. The smallest absolute Gasteiger partial charge is 0.272 e. The summed E-state index contributed by atoms with van der Waals surface area (Å²) in [6.07, 6.45) is -1.06. The number of benzene rings is 1. The van der Waals surface area contributed by atoms with Gasteiger partial charge in [-0.3, -0.25) is 4.79 Å². The molecule has 1 aromatic carbocycles. The standard InChI is InChI=1S/C13H13F2N3O/c14-12(15)8-18-7-1-2-11(18)13(19)17-10-5-3-9(16)4-6-10/h1-7,12H,8,16H2,(H,17,19). The van der Waals surface area contributed by atoms with E-state index >= 15 is 0 Å². The van der Waals surface area contributed by atoms with Gasteiger partial charge in [0.1, 0.15) is 5.69 Å². The molecule has 19 heavy (non-hydrogen) atoms. The molecule has 2 rings (SSSR count). The Labute approximate surface area is 108 Å². The maximum Gasteiger partial charge on any atom is 0.272 e. The van der Waals surface area contributed by atoms with E-state index < -0.39 is 18.9 Å². The van der Waals surface area contributed by atoms with E-state index in [2.05, 4.69) is 5.32 Å². The first-order valence-corrected chi connectivity index (χ1v) is 5.66. The largest absolute Gasteiger partial charge is 0.399 e. The van der Waals surface area contributed by atoms with Crippen LogP contribution < -0.4 is 11.1 Å². The highest BCUT2D eigenvalue weighted by molar-refractivity contribution is 6.03. The molecule has 0 unspecified atom stereocenters. The molecule has 1 amide bonds. The molecule has 3 N–H and O–H groups in total. The zero-order valence-corrected chi connectivity index (χ0v) is 10.0. The Balaban J connectivity index is 2.11. The van der Waals surface area contributed by atoms with Crippen LogP contribution in [0.25, 0.3) is 0 Å². The summed E-state index contributed by atoms with van der Waals surface area (Å²) in [4.78, 5) is 12.0. The third-order valence-electron chi connectivity index (χ3n) is 2.57. The number of aromatic nitrogens is 1. The molecule has 4 nitrogen and oxygen atoms in total. The topological polar surface area (TPSA) is 60.0 Å². The Bertz CT molecular complexity index is 564. The zero-order chi connectivity index (χ0) is 13.8. The lowest BCUT2D eigenvalue weighted by atomic mass is 10.3. The highest BCUT2D eigenvalue weighted by atomic mass is 19.3. The summed E-state index contributed by atoms with van der Waals surface area (Å²) in [5.74, 6) is -0.435. The molecule has 1 aromatic heterocycles. The number of amides is 1. The second-order valence-electron chi connectivity index (χ2n) is 4.01. The van der Waals surface area contributed by atoms with Gasteiger partial charge in [-0.1, -0.05) is 0 Å². The average molecular weight is 265 g/mol. The van der Waals surface area contributed by atoms with Crippen molar-refractivity contribution in [3.05, 3.63) is 48.3 Å². The summed E-state index contributed by atoms with van der Waals surface area (Å²) < 4.78 is 25.9. The Hall–Kier alpha value is -2.37. The number of nitrogens with two attached hydrogens (primary N) is 1. The summed E-state index contributed by atoms with van der Waals surface area (Å²) in [6, 6.07) is 9.64. The normalized spacial score (nSPS) is 10.7. The second-order valence-corrected chi connectivity index (χ2v) is 4.01. The van der Waals surface area contributed by atoms with Crippen LogP contribution in [0, 0.1) is 0 Å². The van der Waals surface area contributed by atoms with Gasteiger partial charge in [-0.05, 0) is 36.4 Å². The minimum absolute atomic E-state index is 0.192. The predicted octanol–water partition coefficient (Wildman–Crippen LogP) is 2.59. The van der Waals surface area contributed by atoms with Gasteiger partial charge in [-0.2, -0.15) is 0 Å². The summed E-state index contributed by atoms with van der Waals surface area (Å²) in [7, 11) is 0. The minimum Gasteiger partial charge on any atom is -0.399 e. The van der Waals surface area contributed by atoms with Crippen molar-refractivity contribution in [2.24, 2.45) is 0 Å². The van der Waals surface area contributed by atoms with Crippen LogP contribution in [0.5, 0.6) is 0 Å². The number of nitrogen functional groups attached to an aromatic ring is 1. The van der Waals surface area contributed by atoms with Gasteiger partial charge in [0, 0.05) is 17.6 Å². The average Bonchev–Trinajstić information content (AvgIpc) is 2.79. The molecule has 1 heterocycles. The van der Waals surface area contributed by atoms with Crippen LogP contribution in [0.15, 0.2) is 42.6 Å². The van der Waals surface area contributed by atoms with Crippen molar-refractivity contribution in [2.45, 2.75) is 13.0 Å². The summed E-state index contributed by atoms with van der Waals surface area (Å²) in [6.45, 7) is -0.502. The van der Waals surface area contributed by atoms with Gasteiger partial charge < -0.3 is 15.6 Å². The molecule has 0 fully saturated rings. The van der Waals surface area contributed by atoms with E-state index in [1.165, 1.54) is 16.8 Å². The first kappa shape index (κ1) is 13.1. The summed E-state index contributed by atoms with van der Waals surface area (Å²) in [5, 5.41) is 2.62. The van der Waals surface area contributed by atoms with E-state index in [9.17, 15) is 13.6 Å². The molecular formula is C13H13F2N3O. The van der Waals surface area contributed by atoms with E-state index in [4.69, 9.17) is 5.73 Å². The first-order valence-electron chi connectivity index (χ1n) is 5.66. The zero-order valence-electron chi connectivity index (χ0n) is 10.0. The van der Waals surface area contributed by atoms with Gasteiger partial charge in [0.25, 0.3) is 12.3 Å². The molecule has 0 atom stereocenters. The van der Waals surface area contributed by atoms with E-state index in [0.29, 0.717) is 11.4 Å². The number of alkyl halides is 2. The van der Waals surface area contributed by atoms with Crippen LogP contribution >= 0.6 is 0 Å². The van der Waals surface area contributed by atoms with Crippen molar-refractivity contribution < 1.29 is 13.6 Å². The van der Waals surface area contributed by atoms with Crippen LogP contribution in [0.3, 0.4) is 0 Å². The Kier molecular flexibility index (Phi) is 3.79. The molecular weight excluding hydrogens is 252 g/mol. The maximum absolute atomic E-state index is 12.3. The second kappa shape index (κ2) is 5.51. The molecule has 2 aromatic rings. The number of nitrogens with zero attached hydrogens (tertiary/aromatic N) is 1. The number of hydrogen-bond donors (Lipinski definition) is 2. The van der Waals surface area contributed by atoms with Gasteiger partial charge in [0.05, 0.1) is 6.54 Å². The number of anilines is 2. The first-order chi connectivity index (χ1) is 9.06. The highest BCUT2D eigenvalue weighted by Gasteiger charge is 2.13. The van der Waals surface area contributed by atoms with Crippen molar-refractivity contribution in [3.8, 4) is 0 Å². The van der Waals surface area contributed by atoms with Crippen LogP contribution in [0.1, 0.15) is 10.5 Å². The van der Waals surface area contributed by atoms with Crippen LogP contribution in [-0.4, -0.2) is 16.9 Å². The molecule has 0 bridgehead atoms. The number of hydrogen-bond acceptors (Lipinski definition) is 2. The van der Waals surface area contributed by atoms with Crippen LogP contribution in [-0.2, 0) is 6.54 Å². The van der Waals surface area contributed by atoms with E-state index in [0.717, 1.165) is 0 Å². The Morgan fingerprint density at radius 2 is 1.95 bits per heavy atom. The number of halogens is 2. The summed E-state index contributed by atoms with van der Waals surface area (Å²) >= 11 is 0. The van der Waals surface area contributed by atoms with E-state index in [1.807, 2.05) is 0 Å². The lowest BCUT2D eigenvalue weighted by molar-refractivity contribution is 0.0998. The fraction of sp³-hybridized carbons (Fsp3) is 0.154. The minimum atomic E-state index is -2.50. The van der Waals surface area contributed by atoms with Gasteiger partial charge in [0.2, 0.25) is 0 Å². The monoisotopic (exact) mass is 265 g/mol. The third kappa shape index (κ3) is 3.31. The summed E-state index contributed by atoms with van der Waals surface area (Å²) in [5.41, 5.74) is 6.86. The maximum atomic E-state index is 12.3. The Morgan fingerprint density at radius 3 is 2.58 bits per heavy atom. The molecule has 0 saturated carbocycles. The van der Waals surface area contributed by atoms with Crippen molar-refractivity contribution in [2.75, 3.05) is 11.1 Å². The quantitative estimate of drug-likeness (QED) is 0.835. The lowest BCUT2D eigenvalue weighted by Crippen LogP contribution is -2.18.